The summed E-state index contributed by atoms with van der Waals surface area (Å²) < 4.78 is 0.687. The quantitative estimate of drug-likeness (QED) is 0.864. The zero-order valence-corrected chi connectivity index (χ0v) is 13.0. The summed E-state index contributed by atoms with van der Waals surface area (Å²) >= 11 is 3.27. The van der Waals surface area contributed by atoms with E-state index in [4.69, 9.17) is 0 Å². The first-order chi connectivity index (χ1) is 9.06. The van der Waals surface area contributed by atoms with Gasteiger partial charge in [-0.05, 0) is 60.8 Å². The van der Waals surface area contributed by atoms with Crippen molar-refractivity contribution in [2.75, 3.05) is 19.6 Å². The van der Waals surface area contributed by atoms with Crippen LogP contribution in [0.4, 0.5) is 0 Å². The molecule has 1 atom stereocenters. The van der Waals surface area contributed by atoms with E-state index < -0.39 is 0 Å². The van der Waals surface area contributed by atoms with Crippen LogP contribution >= 0.6 is 15.9 Å². The van der Waals surface area contributed by atoms with Gasteiger partial charge in [-0.25, -0.2) is 4.98 Å². The summed E-state index contributed by atoms with van der Waals surface area (Å²) in [7, 11) is 0. The van der Waals surface area contributed by atoms with Crippen LogP contribution in [0.25, 0.3) is 0 Å². The summed E-state index contributed by atoms with van der Waals surface area (Å²) in [5.74, 6) is 0.544. The van der Waals surface area contributed by atoms with Crippen molar-refractivity contribution >= 4 is 21.8 Å². The number of nitrogens with one attached hydrogen (secondary N) is 1. The monoisotopic (exact) mass is 325 g/mol. The Balaban J connectivity index is 1.82. The third-order valence-electron chi connectivity index (χ3n) is 3.59. The maximum Gasteiger partial charge on any atom is 0.251 e. The van der Waals surface area contributed by atoms with Crippen molar-refractivity contribution in [3.05, 3.63) is 28.5 Å². The number of rotatable bonds is 4. The van der Waals surface area contributed by atoms with Gasteiger partial charge in [0, 0.05) is 30.9 Å². The Morgan fingerprint density at radius 1 is 1.63 bits per heavy atom. The molecular formula is C14H20BrN3O. The molecule has 2 rings (SSSR count). The average molecular weight is 326 g/mol. The van der Waals surface area contributed by atoms with Crippen molar-refractivity contribution < 1.29 is 4.79 Å². The van der Waals surface area contributed by atoms with Crippen LogP contribution < -0.4 is 5.32 Å². The highest BCUT2D eigenvalue weighted by atomic mass is 79.9. The molecule has 0 aliphatic carbocycles. The molecule has 5 heteroatoms. The summed E-state index contributed by atoms with van der Waals surface area (Å²) in [4.78, 5) is 18.5. The molecule has 19 heavy (non-hydrogen) atoms. The third-order valence-corrected chi connectivity index (χ3v) is 4.02. The zero-order chi connectivity index (χ0) is 13.8. The third kappa shape index (κ3) is 4.01. The Kier molecular flexibility index (Phi) is 4.93. The number of likely N-dealkylation sites (tertiary alicyclic amines) is 1. The number of carbonyl (C=O) groups excluding carboxylic acids is 1. The molecule has 0 spiro atoms. The van der Waals surface area contributed by atoms with Crippen LogP contribution in [0.5, 0.6) is 0 Å². The molecule has 1 aliphatic rings. The van der Waals surface area contributed by atoms with Gasteiger partial charge >= 0.3 is 0 Å². The van der Waals surface area contributed by atoms with Gasteiger partial charge in [0.1, 0.15) is 4.60 Å². The first-order valence-electron chi connectivity index (χ1n) is 6.70. The molecule has 1 aromatic heterocycles. The summed E-state index contributed by atoms with van der Waals surface area (Å²) in [5, 5.41) is 3.01. The minimum Gasteiger partial charge on any atom is -0.352 e. The molecule has 104 valence electrons. The maximum atomic E-state index is 12.0. The Morgan fingerprint density at radius 2 is 2.42 bits per heavy atom. The Labute approximate surface area is 122 Å². The van der Waals surface area contributed by atoms with Gasteiger partial charge < -0.3 is 10.2 Å². The van der Waals surface area contributed by atoms with Gasteiger partial charge in [0.2, 0.25) is 0 Å². The molecule has 1 aliphatic heterocycles. The molecule has 1 fully saturated rings. The summed E-state index contributed by atoms with van der Waals surface area (Å²) in [6.45, 7) is 7.41. The topological polar surface area (TPSA) is 45.2 Å². The predicted molar refractivity (Wildman–Crippen MR) is 79.1 cm³/mol. The molecule has 0 radical (unpaired) electrons. The van der Waals surface area contributed by atoms with Crippen molar-refractivity contribution in [2.45, 2.75) is 26.3 Å². The molecule has 1 saturated heterocycles. The second kappa shape index (κ2) is 6.48. The lowest BCUT2D eigenvalue weighted by Crippen LogP contribution is -2.33. The molecule has 4 nitrogen and oxygen atoms in total. The molecule has 0 aromatic carbocycles. The SMILES string of the molecule is CC(C)N1CCC(CNC(=O)c2ccnc(Br)c2)C1. The van der Waals surface area contributed by atoms with E-state index in [0.717, 1.165) is 19.6 Å². The van der Waals surface area contributed by atoms with Crippen LogP contribution in [0.2, 0.25) is 0 Å². The predicted octanol–water partition coefficient (Wildman–Crippen LogP) is 2.30. The van der Waals surface area contributed by atoms with E-state index in [1.807, 2.05) is 0 Å². The smallest absolute Gasteiger partial charge is 0.251 e. The second-order valence-corrected chi connectivity index (χ2v) is 6.13. The van der Waals surface area contributed by atoms with E-state index in [2.05, 4.69) is 45.0 Å². The highest BCUT2D eigenvalue weighted by Crippen LogP contribution is 2.17. The van der Waals surface area contributed by atoms with Crippen molar-refractivity contribution in [3.8, 4) is 0 Å². The summed E-state index contributed by atoms with van der Waals surface area (Å²) in [5.41, 5.74) is 0.653. The van der Waals surface area contributed by atoms with Crippen molar-refractivity contribution in [1.82, 2.24) is 15.2 Å². The summed E-state index contributed by atoms with van der Waals surface area (Å²) in [6.07, 6.45) is 2.80. The molecule has 1 aromatic rings. The van der Waals surface area contributed by atoms with Gasteiger partial charge in [-0.15, -0.1) is 0 Å². The normalized spacial score (nSPS) is 19.9. The molecule has 1 amide bonds. The molecule has 1 N–H and O–H groups in total. The minimum atomic E-state index is -0.0221. The number of halogens is 1. The first kappa shape index (κ1) is 14.5. The lowest BCUT2D eigenvalue weighted by molar-refractivity contribution is 0.0947. The van der Waals surface area contributed by atoms with Crippen LogP contribution in [-0.4, -0.2) is 41.5 Å². The number of pyridine rings is 1. The van der Waals surface area contributed by atoms with E-state index in [1.54, 1.807) is 18.3 Å². The Morgan fingerprint density at radius 3 is 3.05 bits per heavy atom. The Hall–Kier alpha value is -0.940. The van der Waals surface area contributed by atoms with Crippen molar-refractivity contribution in [1.29, 1.82) is 0 Å². The van der Waals surface area contributed by atoms with Crippen LogP contribution in [0.15, 0.2) is 22.9 Å². The largest absolute Gasteiger partial charge is 0.352 e. The maximum absolute atomic E-state index is 12.0. The van der Waals surface area contributed by atoms with E-state index >= 15 is 0 Å². The highest BCUT2D eigenvalue weighted by Gasteiger charge is 2.24. The molecular weight excluding hydrogens is 306 g/mol. The lowest BCUT2D eigenvalue weighted by atomic mass is 10.1. The standard InChI is InChI=1S/C14H20BrN3O/c1-10(2)18-6-4-11(9-18)8-17-14(19)12-3-5-16-13(15)7-12/h3,5,7,10-11H,4,6,8-9H2,1-2H3,(H,17,19). The molecule has 0 bridgehead atoms. The zero-order valence-electron chi connectivity index (χ0n) is 11.4. The van der Waals surface area contributed by atoms with E-state index in [0.29, 0.717) is 22.1 Å². The molecule has 0 saturated carbocycles. The minimum absolute atomic E-state index is 0.0221. The number of amides is 1. The van der Waals surface area contributed by atoms with Crippen LogP contribution in [0, 0.1) is 5.92 Å². The van der Waals surface area contributed by atoms with Crippen LogP contribution in [0.3, 0.4) is 0 Å². The fourth-order valence-corrected chi connectivity index (χ4v) is 2.75. The van der Waals surface area contributed by atoms with Gasteiger partial charge in [0.05, 0.1) is 0 Å². The second-order valence-electron chi connectivity index (χ2n) is 5.32. The fraction of sp³-hybridized carbons (Fsp3) is 0.571. The number of aromatic nitrogens is 1. The van der Waals surface area contributed by atoms with Crippen LogP contribution in [0.1, 0.15) is 30.6 Å². The fourth-order valence-electron chi connectivity index (χ4n) is 2.38. The number of hydrogen-bond acceptors (Lipinski definition) is 3. The highest BCUT2D eigenvalue weighted by molar-refractivity contribution is 9.10. The van der Waals surface area contributed by atoms with Crippen LogP contribution in [-0.2, 0) is 0 Å². The van der Waals surface area contributed by atoms with Gasteiger partial charge in [0.15, 0.2) is 0 Å². The lowest BCUT2D eigenvalue weighted by Gasteiger charge is -2.20. The van der Waals surface area contributed by atoms with E-state index in [1.165, 1.54) is 6.42 Å². The Bertz CT molecular complexity index is 450. The van der Waals surface area contributed by atoms with E-state index in [-0.39, 0.29) is 5.91 Å². The van der Waals surface area contributed by atoms with E-state index in [9.17, 15) is 4.79 Å². The summed E-state index contributed by atoms with van der Waals surface area (Å²) in [6, 6.07) is 4.07. The number of carbonyl (C=O) groups is 1. The molecule has 2 heterocycles. The first-order valence-corrected chi connectivity index (χ1v) is 7.49. The van der Waals surface area contributed by atoms with Gasteiger partial charge in [-0.2, -0.15) is 0 Å². The molecule has 1 unspecified atom stereocenters. The van der Waals surface area contributed by atoms with Crippen molar-refractivity contribution in [2.24, 2.45) is 5.92 Å². The number of hydrogen-bond donors (Lipinski definition) is 1. The van der Waals surface area contributed by atoms with Gasteiger partial charge in [-0.3, -0.25) is 4.79 Å². The van der Waals surface area contributed by atoms with Crippen molar-refractivity contribution in [3.63, 3.8) is 0 Å². The van der Waals surface area contributed by atoms with Gasteiger partial charge in [-0.1, -0.05) is 0 Å². The van der Waals surface area contributed by atoms with Gasteiger partial charge in [0.25, 0.3) is 5.91 Å². The number of nitrogens with zero attached hydrogens (tertiary/aromatic N) is 2. The average Bonchev–Trinajstić information content (AvgIpc) is 2.85.